The summed E-state index contributed by atoms with van der Waals surface area (Å²) in [6.45, 7) is 12.7. The molecule has 0 amide bonds. The van der Waals surface area contributed by atoms with Gasteiger partial charge in [-0.1, -0.05) is 20.8 Å². The Hall–Kier alpha value is -0.490. The highest BCUT2D eigenvalue weighted by Gasteiger charge is 2.23. The Balaban J connectivity index is 1.84. The molecule has 114 valence electrons. The lowest BCUT2D eigenvalue weighted by Crippen LogP contribution is -2.38. The van der Waals surface area contributed by atoms with E-state index in [1.54, 1.807) is 11.3 Å². The fourth-order valence-electron chi connectivity index (χ4n) is 2.41. The van der Waals surface area contributed by atoms with Gasteiger partial charge in [-0.05, 0) is 25.4 Å². The summed E-state index contributed by atoms with van der Waals surface area (Å²) in [5.41, 5.74) is 0. The number of hydrogen-bond donors (Lipinski definition) is 1. The molecule has 1 atom stereocenters. The van der Waals surface area contributed by atoms with Gasteiger partial charge in [-0.15, -0.1) is 11.3 Å². The van der Waals surface area contributed by atoms with Crippen molar-refractivity contribution < 1.29 is 4.74 Å². The van der Waals surface area contributed by atoms with Crippen LogP contribution in [0.5, 0.6) is 0 Å². The molecule has 1 aromatic heterocycles. The maximum Gasteiger partial charge on any atom is 0.123 e. The molecule has 1 N–H and O–H groups in total. The molecule has 1 fully saturated rings. The van der Waals surface area contributed by atoms with Gasteiger partial charge in [0.1, 0.15) is 11.1 Å². The van der Waals surface area contributed by atoms with Crippen LogP contribution in [0.4, 0.5) is 0 Å². The predicted molar refractivity (Wildman–Crippen MR) is 84.1 cm³/mol. The number of rotatable bonds is 7. The van der Waals surface area contributed by atoms with E-state index < -0.39 is 0 Å². The van der Waals surface area contributed by atoms with Gasteiger partial charge in [-0.25, -0.2) is 4.98 Å². The molecule has 0 bridgehead atoms. The van der Waals surface area contributed by atoms with Crippen molar-refractivity contribution in [3.05, 3.63) is 16.1 Å². The van der Waals surface area contributed by atoms with Gasteiger partial charge in [0.15, 0.2) is 0 Å². The fourth-order valence-corrected chi connectivity index (χ4v) is 3.34. The van der Waals surface area contributed by atoms with Crippen LogP contribution >= 0.6 is 11.3 Å². The number of nitrogens with one attached hydrogen (secondary N) is 1. The van der Waals surface area contributed by atoms with Crippen LogP contribution in [0.3, 0.4) is 0 Å². The van der Waals surface area contributed by atoms with Crippen LogP contribution < -0.4 is 5.32 Å². The van der Waals surface area contributed by atoms with Crippen molar-refractivity contribution in [1.82, 2.24) is 15.2 Å². The van der Waals surface area contributed by atoms with Crippen molar-refractivity contribution in [1.29, 1.82) is 0 Å². The van der Waals surface area contributed by atoms with Crippen molar-refractivity contribution in [3.8, 4) is 0 Å². The first-order valence-electron chi connectivity index (χ1n) is 7.68. The summed E-state index contributed by atoms with van der Waals surface area (Å²) in [5, 5.41) is 4.60. The van der Waals surface area contributed by atoms with Gasteiger partial charge in [-0.3, -0.25) is 4.90 Å². The van der Waals surface area contributed by atoms with Gasteiger partial charge in [0, 0.05) is 30.7 Å². The first-order chi connectivity index (χ1) is 9.69. The zero-order chi connectivity index (χ0) is 14.4. The van der Waals surface area contributed by atoms with Crippen LogP contribution in [0.2, 0.25) is 0 Å². The van der Waals surface area contributed by atoms with Gasteiger partial charge in [0.05, 0.1) is 6.61 Å². The molecule has 0 aromatic carbocycles. The smallest absolute Gasteiger partial charge is 0.123 e. The van der Waals surface area contributed by atoms with E-state index >= 15 is 0 Å². The molecule has 2 rings (SSSR count). The lowest BCUT2D eigenvalue weighted by molar-refractivity contribution is -0.0299. The van der Waals surface area contributed by atoms with Crippen LogP contribution in [-0.4, -0.2) is 42.7 Å². The van der Waals surface area contributed by atoms with E-state index in [0.717, 1.165) is 44.3 Å². The minimum absolute atomic E-state index is 0.166. The third-order valence-electron chi connectivity index (χ3n) is 3.39. The Kier molecular flexibility index (Phi) is 6.42. The Morgan fingerprint density at radius 2 is 2.40 bits per heavy atom. The lowest BCUT2D eigenvalue weighted by atomic mass is 10.2. The lowest BCUT2D eigenvalue weighted by Gasteiger charge is -2.31. The molecule has 1 aromatic rings. The van der Waals surface area contributed by atoms with Gasteiger partial charge in [0.2, 0.25) is 0 Å². The standard InChI is InChI=1S/C15H27N3OS/c1-4-5-18-6-7-19-14(11-18)15-17-10-13(20-15)9-16-8-12(2)3/h10,12,14,16H,4-9,11H2,1-3H3. The third-order valence-corrected chi connectivity index (χ3v) is 4.48. The summed E-state index contributed by atoms with van der Waals surface area (Å²) in [6.07, 6.45) is 3.36. The minimum atomic E-state index is 0.166. The zero-order valence-corrected chi connectivity index (χ0v) is 13.7. The van der Waals surface area contributed by atoms with E-state index in [2.05, 4.69) is 36.0 Å². The molecule has 4 nitrogen and oxygen atoms in total. The molecule has 20 heavy (non-hydrogen) atoms. The molecule has 5 heteroatoms. The molecule has 0 radical (unpaired) electrons. The number of nitrogens with zero attached hydrogens (tertiary/aromatic N) is 2. The molecule has 1 aliphatic heterocycles. The Labute approximate surface area is 126 Å². The van der Waals surface area contributed by atoms with Gasteiger partial charge in [0.25, 0.3) is 0 Å². The first-order valence-corrected chi connectivity index (χ1v) is 8.50. The molecule has 1 aliphatic rings. The van der Waals surface area contributed by atoms with Crippen molar-refractivity contribution in [2.45, 2.75) is 39.8 Å². The summed E-state index contributed by atoms with van der Waals surface area (Å²) >= 11 is 1.79. The van der Waals surface area contributed by atoms with Gasteiger partial charge < -0.3 is 10.1 Å². The van der Waals surface area contributed by atoms with E-state index in [-0.39, 0.29) is 6.10 Å². The van der Waals surface area contributed by atoms with E-state index in [9.17, 15) is 0 Å². The third kappa shape index (κ3) is 4.81. The molecular weight excluding hydrogens is 270 g/mol. The highest BCUT2D eigenvalue weighted by molar-refractivity contribution is 7.11. The van der Waals surface area contributed by atoms with Crippen LogP contribution in [-0.2, 0) is 11.3 Å². The summed E-state index contributed by atoms with van der Waals surface area (Å²) in [4.78, 5) is 8.34. The molecule has 1 unspecified atom stereocenters. The number of hydrogen-bond acceptors (Lipinski definition) is 5. The van der Waals surface area contributed by atoms with Crippen molar-refractivity contribution in [2.75, 3.05) is 32.8 Å². The highest BCUT2D eigenvalue weighted by atomic mass is 32.1. The molecule has 0 aliphatic carbocycles. The predicted octanol–water partition coefficient (Wildman–Crippen LogP) is 2.67. The van der Waals surface area contributed by atoms with E-state index in [0.29, 0.717) is 5.92 Å². The zero-order valence-electron chi connectivity index (χ0n) is 12.9. The largest absolute Gasteiger partial charge is 0.368 e. The fraction of sp³-hybridized carbons (Fsp3) is 0.800. The van der Waals surface area contributed by atoms with E-state index in [4.69, 9.17) is 4.74 Å². The second-order valence-electron chi connectivity index (χ2n) is 5.85. The maximum absolute atomic E-state index is 5.88. The summed E-state index contributed by atoms with van der Waals surface area (Å²) < 4.78 is 5.88. The average Bonchev–Trinajstić information content (AvgIpc) is 2.88. The number of aromatic nitrogens is 1. The Morgan fingerprint density at radius 3 is 3.15 bits per heavy atom. The second kappa shape index (κ2) is 8.08. The van der Waals surface area contributed by atoms with Crippen LogP contribution in [0.25, 0.3) is 0 Å². The molecule has 0 spiro atoms. The summed E-state index contributed by atoms with van der Waals surface area (Å²) in [6, 6.07) is 0. The molecule has 1 saturated heterocycles. The highest BCUT2D eigenvalue weighted by Crippen LogP contribution is 2.26. The molecule has 2 heterocycles. The summed E-state index contributed by atoms with van der Waals surface area (Å²) in [7, 11) is 0. The van der Waals surface area contributed by atoms with Gasteiger partial charge >= 0.3 is 0 Å². The second-order valence-corrected chi connectivity index (χ2v) is 7.00. The topological polar surface area (TPSA) is 37.4 Å². The average molecular weight is 297 g/mol. The molecule has 0 saturated carbocycles. The van der Waals surface area contributed by atoms with E-state index in [1.165, 1.54) is 11.3 Å². The van der Waals surface area contributed by atoms with Crippen molar-refractivity contribution in [2.24, 2.45) is 5.92 Å². The van der Waals surface area contributed by atoms with Crippen molar-refractivity contribution >= 4 is 11.3 Å². The van der Waals surface area contributed by atoms with Crippen LogP contribution in [0.1, 0.15) is 43.2 Å². The first kappa shape index (κ1) is 15.9. The number of morpholine rings is 1. The van der Waals surface area contributed by atoms with Crippen molar-refractivity contribution in [3.63, 3.8) is 0 Å². The summed E-state index contributed by atoms with van der Waals surface area (Å²) in [5.74, 6) is 0.687. The monoisotopic (exact) mass is 297 g/mol. The minimum Gasteiger partial charge on any atom is -0.368 e. The van der Waals surface area contributed by atoms with Crippen LogP contribution in [0.15, 0.2) is 6.20 Å². The quantitative estimate of drug-likeness (QED) is 0.839. The van der Waals surface area contributed by atoms with E-state index in [1.807, 2.05) is 6.20 Å². The van der Waals surface area contributed by atoms with Gasteiger partial charge in [-0.2, -0.15) is 0 Å². The Morgan fingerprint density at radius 1 is 1.55 bits per heavy atom. The number of ether oxygens (including phenoxy) is 1. The Bertz CT molecular complexity index is 392. The SMILES string of the molecule is CCCN1CCOC(c2ncc(CNCC(C)C)s2)C1. The van der Waals surface area contributed by atoms with Crippen LogP contribution in [0, 0.1) is 5.92 Å². The normalized spacial score (nSPS) is 20.7. The maximum atomic E-state index is 5.88. The number of thiazole rings is 1. The molecular formula is C15H27N3OS.